The Morgan fingerprint density at radius 1 is 1.18 bits per heavy atom. The Labute approximate surface area is 130 Å². The molecule has 22 heavy (non-hydrogen) atoms. The number of halogens is 1. The van der Waals surface area contributed by atoms with Crippen LogP contribution in [0.1, 0.15) is 12.8 Å². The molecular formula is C14H21FN2O4S. The minimum absolute atomic E-state index is 0.160. The van der Waals surface area contributed by atoms with Crippen molar-refractivity contribution in [3.63, 3.8) is 0 Å². The van der Waals surface area contributed by atoms with Crippen molar-refractivity contribution in [2.45, 2.75) is 23.8 Å². The first-order valence-electron chi connectivity index (χ1n) is 7.03. The first kappa shape index (κ1) is 17.0. The van der Waals surface area contributed by atoms with Crippen molar-refractivity contribution in [3.05, 3.63) is 17.9 Å². The van der Waals surface area contributed by atoms with E-state index in [0.717, 1.165) is 6.07 Å². The number of nitrogens with one attached hydrogen (secondary N) is 1. The van der Waals surface area contributed by atoms with Gasteiger partial charge in [-0.1, -0.05) is 0 Å². The van der Waals surface area contributed by atoms with Gasteiger partial charge in [-0.15, -0.1) is 0 Å². The van der Waals surface area contributed by atoms with Gasteiger partial charge in [-0.25, -0.2) is 12.8 Å². The molecule has 0 unspecified atom stereocenters. The highest BCUT2D eigenvalue weighted by Crippen LogP contribution is 2.33. The van der Waals surface area contributed by atoms with Gasteiger partial charge in [-0.3, -0.25) is 0 Å². The maximum absolute atomic E-state index is 14.2. The molecule has 0 aromatic heterocycles. The molecule has 1 fully saturated rings. The van der Waals surface area contributed by atoms with Crippen LogP contribution in [-0.2, 0) is 10.0 Å². The zero-order valence-electron chi connectivity index (χ0n) is 12.9. The first-order valence-corrected chi connectivity index (χ1v) is 8.47. The maximum Gasteiger partial charge on any atom is 0.246 e. The van der Waals surface area contributed by atoms with Crippen LogP contribution in [0.4, 0.5) is 4.39 Å². The van der Waals surface area contributed by atoms with Crippen LogP contribution in [0.25, 0.3) is 0 Å². The molecule has 1 N–H and O–H groups in total. The van der Waals surface area contributed by atoms with Crippen molar-refractivity contribution in [2.75, 3.05) is 34.4 Å². The van der Waals surface area contributed by atoms with E-state index in [1.54, 1.807) is 0 Å². The molecule has 2 rings (SSSR count). The molecule has 1 heterocycles. The minimum Gasteiger partial charge on any atom is -0.493 e. The van der Waals surface area contributed by atoms with E-state index >= 15 is 0 Å². The number of piperidine rings is 1. The highest BCUT2D eigenvalue weighted by atomic mass is 32.2. The zero-order chi connectivity index (χ0) is 16.3. The van der Waals surface area contributed by atoms with Gasteiger partial charge in [0.1, 0.15) is 10.7 Å². The van der Waals surface area contributed by atoms with Crippen LogP contribution in [0.5, 0.6) is 11.5 Å². The number of ether oxygens (including phenoxy) is 2. The summed E-state index contributed by atoms with van der Waals surface area (Å²) in [4.78, 5) is -0.381. The molecule has 0 saturated carbocycles. The second-order valence-electron chi connectivity index (χ2n) is 5.10. The molecule has 8 heteroatoms. The molecule has 0 amide bonds. The number of hydrogen-bond donors (Lipinski definition) is 1. The predicted octanol–water partition coefficient (Wildman–Crippen LogP) is 1.22. The van der Waals surface area contributed by atoms with Gasteiger partial charge in [0.15, 0.2) is 11.5 Å². The van der Waals surface area contributed by atoms with Gasteiger partial charge >= 0.3 is 0 Å². The highest BCUT2D eigenvalue weighted by Gasteiger charge is 2.32. The molecule has 0 atom stereocenters. The maximum atomic E-state index is 14.2. The van der Waals surface area contributed by atoms with Crippen LogP contribution in [0.15, 0.2) is 17.0 Å². The molecule has 1 aromatic carbocycles. The van der Waals surface area contributed by atoms with Gasteiger partial charge in [0.25, 0.3) is 0 Å². The lowest BCUT2D eigenvalue weighted by Crippen LogP contribution is -2.44. The van der Waals surface area contributed by atoms with Gasteiger partial charge in [-0.2, -0.15) is 4.31 Å². The Morgan fingerprint density at radius 2 is 1.73 bits per heavy atom. The molecule has 0 radical (unpaired) electrons. The largest absolute Gasteiger partial charge is 0.493 e. The molecule has 1 aliphatic rings. The third-order valence-corrected chi connectivity index (χ3v) is 5.83. The van der Waals surface area contributed by atoms with E-state index in [1.807, 2.05) is 7.05 Å². The zero-order valence-corrected chi connectivity index (χ0v) is 13.7. The summed E-state index contributed by atoms with van der Waals surface area (Å²) < 4.78 is 50.8. The lowest BCUT2D eigenvalue weighted by Gasteiger charge is -2.31. The second-order valence-corrected chi connectivity index (χ2v) is 7.01. The summed E-state index contributed by atoms with van der Waals surface area (Å²) in [6.07, 6.45) is 1.40. The Hall–Kier alpha value is -1.38. The molecule has 6 nitrogen and oxygen atoms in total. The Balaban J connectivity index is 2.34. The third kappa shape index (κ3) is 3.18. The molecule has 1 saturated heterocycles. The number of hydrogen-bond acceptors (Lipinski definition) is 5. The molecule has 1 aromatic rings. The van der Waals surface area contributed by atoms with Gasteiger partial charge in [0.2, 0.25) is 10.0 Å². The van der Waals surface area contributed by atoms with Crippen LogP contribution in [0, 0.1) is 5.82 Å². The van der Waals surface area contributed by atoms with E-state index < -0.39 is 15.8 Å². The molecular weight excluding hydrogens is 311 g/mol. The molecule has 0 aliphatic carbocycles. The Kier molecular flexibility index (Phi) is 5.25. The summed E-state index contributed by atoms with van der Waals surface area (Å²) in [5.74, 6) is -0.492. The Morgan fingerprint density at radius 3 is 2.23 bits per heavy atom. The minimum atomic E-state index is -3.89. The van der Waals surface area contributed by atoms with Crippen molar-refractivity contribution in [2.24, 2.45) is 0 Å². The summed E-state index contributed by atoms with van der Waals surface area (Å²) in [7, 11) is 0.712. The smallest absolute Gasteiger partial charge is 0.246 e. The van der Waals surface area contributed by atoms with E-state index in [0.29, 0.717) is 32.0 Å². The number of nitrogens with zero attached hydrogens (tertiary/aromatic N) is 1. The number of benzene rings is 1. The van der Waals surface area contributed by atoms with Gasteiger partial charge in [0, 0.05) is 31.3 Å². The average molecular weight is 332 g/mol. The fourth-order valence-electron chi connectivity index (χ4n) is 2.56. The molecule has 0 spiro atoms. The van der Waals surface area contributed by atoms with E-state index in [-0.39, 0.29) is 16.4 Å². The topological polar surface area (TPSA) is 67.9 Å². The fraction of sp³-hybridized carbons (Fsp3) is 0.571. The van der Waals surface area contributed by atoms with Crippen molar-refractivity contribution in [1.29, 1.82) is 0 Å². The predicted molar refractivity (Wildman–Crippen MR) is 80.3 cm³/mol. The number of rotatable bonds is 5. The molecule has 124 valence electrons. The monoisotopic (exact) mass is 332 g/mol. The quantitative estimate of drug-likeness (QED) is 0.878. The molecule has 0 bridgehead atoms. The van der Waals surface area contributed by atoms with Crippen molar-refractivity contribution in [1.82, 2.24) is 9.62 Å². The summed E-state index contributed by atoms with van der Waals surface area (Å²) >= 11 is 0. The van der Waals surface area contributed by atoms with E-state index in [1.165, 1.54) is 24.6 Å². The standard InChI is InChI=1S/C14H21FN2O4S/c1-16-10-4-6-17(7-5-10)22(18,19)14-9-13(21-3)12(20-2)8-11(14)15/h8-10,16H,4-7H2,1-3H3. The van der Waals surface area contributed by atoms with Crippen molar-refractivity contribution in [3.8, 4) is 11.5 Å². The average Bonchev–Trinajstić information content (AvgIpc) is 2.54. The highest BCUT2D eigenvalue weighted by molar-refractivity contribution is 7.89. The van der Waals surface area contributed by atoms with Gasteiger partial charge < -0.3 is 14.8 Å². The summed E-state index contributed by atoms with van der Waals surface area (Å²) in [6, 6.07) is 2.50. The van der Waals surface area contributed by atoms with Gasteiger partial charge in [0.05, 0.1) is 14.2 Å². The molecule has 1 aliphatic heterocycles. The van der Waals surface area contributed by atoms with E-state index in [9.17, 15) is 12.8 Å². The lowest BCUT2D eigenvalue weighted by molar-refractivity contribution is 0.297. The van der Waals surface area contributed by atoms with E-state index in [2.05, 4.69) is 5.32 Å². The van der Waals surface area contributed by atoms with Crippen molar-refractivity contribution < 1.29 is 22.3 Å². The first-order chi connectivity index (χ1) is 10.4. The third-order valence-electron chi connectivity index (χ3n) is 3.92. The van der Waals surface area contributed by atoms with Crippen LogP contribution in [0.2, 0.25) is 0 Å². The summed E-state index contributed by atoms with van der Waals surface area (Å²) in [5.41, 5.74) is 0. The SMILES string of the molecule is CNC1CCN(S(=O)(=O)c2cc(OC)c(OC)cc2F)CC1. The second kappa shape index (κ2) is 6.80. The lowest BCUT2D eigenvalue weighted by atomic mass is 10.1. The Bertz CT molecular complexity index is 628. The summed E-state index contributed by atoms with van der Waals surface area (Å²) in [5, 5.41) is 3.13. The summed E-state index contributed by atoms with van der Waals surface area (Å²) in [6.45, 7) is 0.725. The normalized spacial score (nSPS) is 17.5. The van der Waals surface area contributed by atoms with Crippen molar-refractivity contribution >= 4 is 10.0 Å². The van der Waals surface area contributed by atoms with Crippen LogP contribution < -0.4 is 14.8 Å². The van der Waals surface area contributed by atoms with Gasteiger partial charge in [-0.05, 0) is 19.9 Å². The van der Waals surface area contributed by atoms with Crippen LogP contribution in [-0.4, -0.2) is 53.1 Å². The van der Waals surface area contributed by atoms with E-state index in [4.69, 9.17) is 9.47 Å². The fourth-order valence-corrected chi connectivity index (χ4v) is 4.09. The van der Waals surface area contributed by atoms with Crippen LogP contribution in [0.3, 0.4) is 0 Å². The number of methoxy groups -OCH3 is 2. The van der Waals surface area contributed by atoms with Crippen LogP contribution >= 0.6 is 0 Å². The number of sulfonamides is 1.